The van der Waals surface area contributed by atoms with E-state index in [0.29, 0.717) is 10.5 Å². The highest BCUT2D eigenvalue weighted by Gasteiger charge is 2.21. The molecule has 0 N–H and O–H groups in total. The Kier molecular flexibility index (Phi) is 2.90. The van der Waals surface area contributed by atoms with Crippen molar-refractivity contribution in [3.63, 3.8) is 0 Å². The van der Waals surface area contributed by atoms with Gasteiger partial charge in [0.15, 0.2) is 0 Å². The lowest BCUT2D eigenvalue weighted by molar-refractivity contribution is 0.379. The molecule has 0 amide bonds. The van der Waals surface area contributed by atoms with Gasteiger partial charge in [-0.05, 0) is 16.9 Å². The van der Waals surface area contributed by atoms with Crippen molar-refractivity contribution in [3.05, 3.63) is 12.7 Å². The summed E-state index contributed by atoms with van der Waals surface area (Å²) >= 11 is 0. The SMILES string of the molecule is C=CC(C)(C)CC(C)(C)[SiH3]. The van der Waals surface area contributed by atoms with E-state index in [1.807, 2.05) is 0 Å². The topological polar surface area (TPSA) is 0 Å². The van der Waals surface area contributed by atoms with E-state index in [1.165, 1.54) is 16.7 Å². The van der Waals surface area contributed by atoms with E-state index in [4.69, 9.17) is 0 Å². The molecule has 0 aromatic carbocycles. The van der Waals surface area contributed by atoms with Crippen LogP contribution in [0.25, 0.3) is 0 Å². The van der Waals surface area contributed by atoms with Gasteiger partial charge < -0.3 is 0 Å². The van der Waals surface area contributed by atoms with Crippen LogP contribution in [0.4, 0.5) is 0 Å². The van der Waals surface area contributed by atoms with E-state index in [9.17, 15) is 0 Å². The average Bonchev–Trinajstić information content (AvgIpc) is 1.60. The fourth-order valence-electron chi connectivity index (χ4n) is 1.44. The molecule has 0 nitrogen and oxygen atoms in total. The van der Waals surface area contributed by atoms with Crippen molar-refractivity contribution in [2.24, 2.45) is 5.41 Å². The normalized spacial score (nSPS) is 13.6. The lowest BCUT2D eigenvalue weighted by Crippen LogP contribution is -2.15. The van der Waals surface area contributed by atoms with Gasteiger partial charge in [-0.2, -0.15) is 0 Å². The molecule has 0 atom stereocenters. The van der Waals surface area contributed by atoms with Crippen molar-refractivity contribution in [2.75, 3.05) is 0 Å². The first-order valence-corrected chi connectivity index (χ1v) is 4.90. The number of hydrogen-bond acceptors (Lipinski definition) is 0. The monoisotopic (exact) mass is 156 g/mol. The predicted molar refractivity (Wildman–Crippen MR) is 52.6 cm³/mol. The van der Waals surface area contributed by atoms with Crippen molar-refractivity contribution in [3.8, 4) is 0 Å². The van der Waals surface area contributed by atoms with Gasteiger partial charge in [-0.25, -0.2) is 0 Å². The van der Waals surface area contributed by atoms with Crippen LogP contribution >= 0.6 is 0 Å². The van der Waals surface area contributed by atoms with Gasteiger partial charge in [-0.15, -0.1) is 6.58 Å². The Morgan fingerprint density at radius 2 is 1.70 bits per heavy atom. The summed E-state index contributed by atoms with van der Waals surface area (Å²) in [6.07, 6.45) is 3.32. The summed E-state index contributed by atoms with van der Waals surface area (Å²) in [6, 6.07) is 0. The molecule has 0 unspecified atom stereocenters. The first kappa shape index (κ1) is 9.96. The molecule has 0 aliphatic rings. The Bertz CT molecular complexity index is 117. The molecule has 0 aliphatic heterocycles. The zero-order valence-corrected chi connectivity index (χ0v) is 9.99. The second kappa shape index (κ2) is 2.91. The van der Waals surface area contributed by atoms with Crippen LogP contribution in [-0.4, -0.2) is 10.2 Å². The molecule has 0 saturated heterocycles. The first-order chi connectivity index (χ1) is 4.27. The quantitative estimate of drug-likeness (QED) is 0.434. The highest BCUT2D eigenvalue weighted by Crippen LogP contribution is 2.36. The Morgan fingerprint density at radius 3 is 1.80 bits per heavy atom. The number of rotatable bonds is 3. The van der Waals surface area contributed by atoms with Gasteiger partial charge in [-0.1, -0.05) is 33.8 Å². The minimum atomic E-state index is 0.325. The molecular weight excluding hydrogens is 136 g/mol. The van der Waals surface area contributed by atoms with Gasteiger partial charge in [-0.3, -0.25) is 0 Å². The summed E-state index contributed by atoms with van der Waals surface area (Å²) < 4.78 is 0. The minimum Gasteiger partial charge on any atom is -0.103 e. The molecule has 0 radical (unpaired) electrons. The molecule has 0 fully saturated rings. The van der Waals surface area contributed by atoms with Crippen molar-refractivity contribution < 1.29 is 0 Å². The summed E-state index contributed by atoms with van der Waals surface area (Å²) in [5, 5.41) is 0.553. The first-order valence-electron chi connectivity index (χ1n) is 3.90. The van der Waals surface area contributed by atoms with Crippen LogP contribution in [0.5, 0.6) is 0 Å². The molecule has 0 bridgehead atoms. The molecule has 1 heteroatoms. The molecule has 60 valence electrons. The van der Waals surface area contributed by atoms with Gasteiger partial charge in [0.1, 0.15) is 0 Å². The third-order valence-corrected chi connectivity index (χ3v) is 1.89. The van der Waals surface area contributed by atoms with Crippen molar-refractivity contribution in [2.45, 2.75) is 39.2 Å². The molecule has 10 heavy (non-hydrogen) atoms. The lowest BCUT2D eigenvalue weighted by Gasteiger charge is -2.29. The maximum Gasteiger partial charge on any atom is 0.00998 e. The minimum absolute atomic E-state index is 0.325. The summed E-state index contributed by atoms with van der Waals surface area (Å²) in [4.78, 5) is 0. The van der Waals surface area contributed by atoms with Gasteiger partial charge in [0.2, 0.25) is 0 Å². The molecular formula is C9H20Si. The fourth-order valence-corrected chi connectivity index (χ4v) is 2.35. The van der Waals surface area contributed by atoms with Crippen LogP contribution in [-0.2, 0) is 0 Å². The van der Waals surface area contributed by atoms with E-state index in [0.717, 1.165) is 0 Å². The largest absolute Gasteiger partial charge is 0.103 e. The lowest BCUT2D eigenvalue weighted by atomic mass is 9.84. The molecule has 0 rings (SSSR count). The van der Waals surface area contributed by atoms with Crippen LogP contribution in [0.2, 0.25) is 5.04 Å². The molecule has 0 aromatic heterocycles. The van der Waals surface area contributed by atoms with Crippen LogP contribution in [0.1, 0.15) is 34.1 Å². The highest BCUT2D eigenvalue weighted by molar-refractivity contribution is 6.14. The van der Waals surface area contributed by atoms with E-state index in [-0.39, 0.29) is 0 Å². The third-order valence-electron chi connectivity index (χ3n) is 1.54. The van der Waals surface area contributed by atoms with Gasteiger partial charge in [0.05, 0.1) is 0 Å². The Hall–Kier alpha value is -0.0431. The standard InChI is InChI=1S/C9H20Si/c1-6-8(2,3)7-9(4,5)10/h6H,1,7H2,2-5,10H3. The van der Waals surface area contributed by atoms with Gasteiger partial charge >= 0.3 is 0 Å². The van der Waals surface area contributed by atoms with Crippen LogP contribution in [0, 0.1) is 5.41 Å². The Morgan fingerprint density at radius 1 is 1.30 bits per heavy atom. The second-order valence-corrected chi connectivity index (χ2v) is 7.64. The maximum atomic E-state index is 3.83. The maximum absolute atomic E-state index is 3.83. The molecule has 0 aliphatic carbocycles. The zero-order valence-electron chi connectivity index (χ0n) is 7.99. The van der Waals surface area contributed by atoms with Gasteiger partial charge in [0, 0.05) is 10.2 Å². The Balaban J connectivity index is 4.01. The summed E-state index contributed by atoms with van der Waals surface area (Å²) in [7, 11) is 1.27. The molecule has 0 aromatic rings. The summed E-state index contributed by atoms with van der Waals surface area (Å²) in [6.45, 7) is 13.0. The van der Waals surface area contributed by atoms with Crippen LogP contribution in [0.3, 0.4) is 0 Å². The van der Waals surface area contributed by atoms with Crippen molar-refractivity contribution >= 4 is 10.2 Å². The van der Waals surface area contributed by atoms with Crippen LogP contribution < -0.4 is 0 Å². The average molecular weight is 156 g/mol. The second-order valence-electron chi connectivity index (χ2n) is 4.93. The molecule has 0 saturated carbocycles. The van der Waals surface area contributed by atoms with Crippen molar-refractivity contribution in [1.29, 1.82) is 0 Å². The van der Waals surface area contributed by atoms with E-state index in [1.54, 1.807) is 0 Å². The smallest absolute Gasteiger partial charge is 0.00998 e. The van der Waals surface area contributed by atoms with E-state index in [2.05, 4.69) is 40.3 Å². The summed E-state index contributed by atoms with van der Waals surface area (Å²) in [5.74, 6) is 0. The predicted octanol–water partition coefficient (Wildman–Crippen LogP) is 2.15. The van der Waals surface area contributed by atoms with E-state index >= 15 is 0 Å². The Labute approximate surface area is 68.1 Å². The van der Waals surface area contributed by atoms with E-state index < -0.39 is 0 Å². The zero-order chi connectivity index (χ0) is 8.41. The summed E-state index contributed by atoms with van der Waals surface area (Å²) in [5.41, 5.74) is 0.325. The van der Waals surface area contributed by atoms with Crippen LogP contribution in [0.15, 0.2) is 12.7 Å². The van der Waals surface area contributed by atoms with Crippen molar-refractivity contribution in [1.82, 2.24) is 0 Å². The molecule has 0 heterocycles. The highest BCUT2D eigenvalue weighted by atomic mass is 28.1. The van der Waals surface area contributed by atoms with Gasteiger partial charge in [0.25, 0.3) is 0 Å². The number of allylic oxidation sites excluding steroid dienone is 1. The third kappa shape index (κ3) is 4.80. The molecule has 0 spiro atoms. The number of hydrogen-bond donors (Lipinski definition) is 0. The fraction of sp³-hybridized carbons (Fsp3) is 0.778.